The second-order valence-electron chi connectivity index (χ2n) is 3.97. The molecule has 0 saturated heterocycles. The Hall–Kier alpha value is -1.68. The number of anilines is 1. The lowest BCUT2D eigenvalue weighted by Crippen LogP contribution is -2.12. The van der Waals surface area contributed by atoms with E-state index >= 15 is 0 Å². The Morgan fingerprint density at radius 2 is 1.81 bits per heavy atom. The minimum absolute atomic E-state index is 0.205. The van der Waals surface area contributed by atoms with Gasteiger partial charge in [-0.05, 0) is 65.1 Å². The first-order valence-electron chi connectivity index (χ1n) is 5.64. The van der Waals surface area contributed by atoms with Crippen LogP contribution < -0.4 is 9.50 Å². The van der Waals surface area contributed by atoms with E-state index in [1.807, 2.05) is 6.07 Å². The Bertz CT molecular complexity index is 762. The van der Waals surface area contributed by atoms with Gasteiger partial charge in [-0.3, -0.25) is 4.79 Å². The van der Waals surface area contributed by atoms with Gasteiger partial charge in [-0.1, -0.05) is 9.95 Å². The molecule has 0 aliphatic rings. The number of halogens is 2. The van der Waals surface area contributed by atoms with Gasteiger partial charge in [-0.25, -0.2) is 0 Å². The topological polar surface area (TPSA) is 72.5 Å². The Balaban J connectivity index is 2.10. The van der Waals surface area contributed by atoms with Crippen LogP contribution in [0, 0.1) is 3.57 Å². The summed E-state index contributed by atoms with van der Waals surface area (Å²) < 4.78 is 38.0. The molecule has 2 aromatic carbocycles. The first-order valence-corrected chi connectivity index (χ1v) is 8.03. The van der Waals surface area contributed by atoms with Crippen LogP contribution in [0.1, 0.15) is 10.4 Å². The molecule has 5 nitrogen and oxygen atoms in total. The molecule has 0 radical (unpaired) electrons. The maximum absolute atomic E-state index is 12.3. The van der Waals surface area contributed by atoms with Crippen molar-refractivity contribution < 1.29 is 21.3 Å². The standard InChI is InChI=1S/C13H9FINO4S/c14-21(18,19)20-12-6-4-9(5-7-12)13(17)16-11-3-1-2-10(15)8-11/h1-8H,(H,16,17). The van der Waals surface area contributed by atoms with Crippen LogP contribution in [0.25, 0.3) is 0 Å². The van der Waals surface area contributed by atoms with Crippen molar-refractivity contribution >= 4 is 44.7 Å². The van der Waals surface area contributed by atoms with Crippen molar-refractivity contribution in [1.82, 2.24) is 0 Å². The van der Waals surface area contributed by atoms with Crippen LogP contribution in [-0.4, -0.2) is 14.3 Å². The van der Waals surface area contributed by atoms with Crippen molar-refractivity contribution in [2.24, 2.45) is 0 Å². The molecule has 0 saturated carbocycles. The summed E-state index contributed by atoms with van der Waals surface area (Å²) in [5, 5.41) is 2.69. The zero-order valence-electron chi connectivity index (χ0n) is 10.4. The fraction of sp³-hybridized carbons (Fsp3) is 0. The molecule has 0 aliphatic heterocycles. The van der Waals surface area contributed by atoms with Gasteiger partial charge < -0.3 is 9.50 Å². The molecule has 0 atom stereocenters. The molecule has 8 heteroatoms. The minimum atomic E-state index is -5.06. The first-order chi connectivity index (χ1) is 9.83. The second kappa shape index (κ2) is 6.39. The highest BCUT2D eigenvalue weighted by atomic mass is 127. The molecule has 21 heavy (non-hydrogen) atoms. The Morgan fingerprint density at radius 1 is 1.14 bits per heavy atom. The SMILES string of the molecule is O=C(Nc1cccc(I)c1)c1ccc(OS(=O)(=O)F)cc1. The zero-order chi connectivity index (χ0) is 15.5. The van der Waals surface area contributed by atoms with Crippen molar-refractivity contribution in [2.45, 2.75) is 0 Å². The van der Waals surface area contributed by atoms with Gasteiger partial charge in [0.2, 0.25) is 0 Å². The van der Waals surface area contributed by atoms with Crippen molar-refractivity contribution in [2.75, 3.05) is 5.32 Å². The maximum Gasteiger partial charge on any atom is 0.488 e. The number of rotatable bonds is 4. The number of carbonyl (C=O) groups excluding carboxylic acids is 1. The summed E-state index contributed by atoms with van der Waals surface area (Å²) in [5.41, 5.74) is 0.927. The van der Waals surface area contributed by atoms with E-state index in [0.29, 0.717) is 5.69 Å². The van der Waals surface area contributed by atoms with E-state index in [4.69, 9.17) is 0 Å². The fourth-order valence-corrected chi connectivity index (χ4v) is 2.43. The fourth-order valence-electron chi connectivity index (χ4n) is 1.55. The monoisotopic (exact) mass is 421 g/mol. The minimum Gasteiger partial charge on any atom is -0.358 e. The smallest absolute Gasteiger partial charge is 0.358 e. The average Bonchev–Trinajstić information content (AvgIpc) is 2.37. The van der Waals surface area contributed by atoms with E-state index < -0.39 is 10.5 Å². The van der Waals surface area contributed by atoms with Crippen LogP contribution in [0.3, 0.4) is 0 Å². The van der Waals surface area contributed by atoms with Crippen LogP contribution in [0.4, 0.5) is 9.57 Å². The van der Waals surface area contributed by atoms with Crippen LogP contribution in [0.2, 0.25) is 0 Å². The lowest BCUT2D eigenvalue weighted by molar-refractivity contribution is 0.102. The van der Waals surface area contributed by atoms with Crippen LogP contribution >= 0.6 is 22.6 Å². The molecule has 0 unspecified atom stereocenters. The van der Waals surface area contributed by atoms with Crippen LogP contribution in [-0.2, 0) is 10.5 Å². The van der Waals surface area contributed by atoms with E-state index in [1.54, 1.807) is 18.2 Å². The van der Waals surface area contributed by atoms with Crippen LogP contribution in [0.15, 0.2) is 48.5 Å². The number of benzene rings is 2. The third-order valence-corrected chi connectivity index (χ3v) is 3.46. The predicted octanol–water partition coefficient (Wildman–Crippen LogP) is 3.14. The molecule has 1 amide bonds. The summed E-state index contributed by atoms with van der Waals surface area (Å²) in [6.07, 6.45) is 0. The van der Waals surface area contributed by atoms with Gasteiger partial charge in [-0.15, -0.1) is 0 Å². The van der Waals surface area contributed by atoms with Gasteiger partial charge in [0.15, 0.2) is 0 Å². The highest BCUT2D eigenvalue weighted by Gasteiger charge is 2.11. The van der Waals surface area contributed by atoms with E-state index in [1.165, 1.54) is 24.3 Å². The summed E-state index contributed by atoms with van der Waals surface area (Å²) in [6.45, 7) is 0. The summed E-state index contributed by atoms with van der Waals surface area (Å²) in [7, 11) is -5.06. The van der Waals surface area contributed by atoms with E-state index in [-0.39, 0.29) is 17.2 Å². The first kappa shape index (κ1) is 15.7. The third-order valence-electron chi connectivity index (χ3n) is 2.39. The molecule has 1 N–H and O–H groups in total. The number of amides is 1. The molecule has 110 valence electrons. The molecule has 0 fully saturated rings. The highest BCUT2D eigenvalue weighted by molar-refractivity contribution is 14.1. The normalized spacial score (nSPS) is 11.0. The molecule has 0 spiro atoms. The molecular formula is C13H9FINO4S. The van der Waals surface area contributed by atoms with Gasteiger partial charge in [0.25, 0.3) is 5.91 Å². The van der Waals surface area contributed by atoms with Crippen molar-refractivity contribution in [3.63, 3.8) is 0 Å². The quantitative estimate of drug-likeness (QED) is 0.609. The second-order valence-corrected chi connectivity index (χ2v) is 6.16. The lowest BCUT2D eigenvalue weighted by atomic mass is 10.2. The summed E-state index contributed by atoms with van der Waals surface area (Å²) in [5.74, 6) is -0.574. The van der Waals surface area contributed by atoms with Gasteiger partial charge in [0.05, 0.1) is 0 Å². The van der Waals surface area contributed by atoms with Gasteiger partial charge in [0, 0.05) is 14.8 Å². The van der Waals surface area contributed by atoms with E-state index in [2.05, 4.69) is 32.1 Å². The average molecular weight is 421 g/mol. The maximum atomic E-state index is 12.3. The van der Waals surface area contributed by atoms with Crippen LogP contribution in [0.5, 0.6) is 5.75 Å². The molecule has 0 aliphatic carbocycles. The molecule has 0 bridgehead atoms. The summed E-state index contributed by atoms with van der Waals surface area (Å²) in [6, 6.07) is 12.3. The third kappa shape index (κ3) is 4.97. The largest absolute Gasteiger partial charge is 0.488 e. The molecular weight excluding hydrogens is 412 g/mol. The van der Waals surface area contributed by atoms with Gasteiger partial charge in [-0.2, -0.15) is 8.42 Å². The van der Waals surface area contributed by atoms with Gasteiger partial charge >= 0.3 is 10.5 Å². The van der Waals surface area contributed by atoms with Gasteiger partial charge in [0.1, 0.15) is 5.75 Å². The molecule has 2 rings (SSSR count). The number of hydrogen-bond donors (Lipinski definition) is 1. The molecule has 2 aromatic rings. The summed E-state index contributed by atoms with van der Waals surface area (Å²) >= 11 is 2.12. The van der Waals surface area contributed by atoms with Crippen molar-refractivity contribution in [3.8, 4) is 5.75 Å². The van der Waals surface area contributed by atoms with E-state index in [0.717, 1.165) is 3.57 Å². The zero-order valence-corrected chi connectivity index (χ0v) is 13.4. The predicted molar refractivity (Wildman–Crippen MR) is 84.2 cm³/mol. The number of nitrogens with one attached hydrogen (secondary N) is 1. The Kier molecular flexibility index (Phi) is 4.78. The number of hydrogen-bond acceptors (Lipinski definition) is 4. The summed E-state index contributed by atoms with van der Waals surface area (Å²) in [4.78, 5) is 12.0. The number of carbonyl (C=O) groups is 1. The van der Waals surface area contributed by atoms with Crippen molar-refractivity contribution in [3.05, 3.63) is 57.7 Å². The Morgan fingerprint density at radius 3 is 2.38 bits per heavy atom. The highest BCUT2D eigenvalue weighted by Crippen LogP contribution is 2.17. The molecule has 0 heterocycles. The Labute approximate surface area is 134 Å². The van der Waals surface area contributed by atoms with Crippen molar-refractivity contribution in [1.29, 1.82) is 0 Å². The van der Waals surface area contributed by atoms with E-state index in [9.17, 15) is 17.1 Å². The molecule has 0 aromatic heterocycles. The lowest BCUT2D eigenvalue weighted by Gasteiger charge is -2.06.